The minimum atomic E-state index is -1.59. The Morgan fingerprint density at radius 2 is 1.26 bits per heavy atom. The van der Waals surface area contributed by atoms with Gasteiger partial charge in [0.05, 0.1) is 11.0 Å². The Morgan fingerprint density at radius 1 is 0.571 bits per heavy atom. The molecule has 0 aliphatic carbocycles. The molecule has 7 rings (SSSR count). The molecule has 0 aliphatic rings. The van der Waals surface area contributed by atoms with E-state index in [1.165, 1.54) is 10.8 Å². The quantitative estimate of drug-likeness (QED) is 0.321. The van der Waals surface area contributed by atoms with E-state index in [9.17, 15) is 10.0 Å². The Kier molecular flexibility index (Phi) is 4.36. The van der Waals surface area contributed by atoms with E-state index in [4.69, 9.17) is 4.42 Å². The van der Waals surface area contributed by atoms with Gasteiger partial charge < -0.3 is 19.0 Å². The van der Waals surface area contributed by atoms with E-state index in [1.54, 1.807) is 6.07 Å². The van der Waals surface area contributed by atoms with Gasteiger partial charge in [0.2, 0.25) is 0 Å². The molecular formula is C30H20BNO3. The smallest absolute Gasteiger partial charge is 0.456 e. The highest BCUT2D eigenvalue weighted by molar-refractivity contribution is 6.61. The molecule has 0 bridgehead atoms. The van der Waals surface area contributed by atoms with Crippen LogP contribution in [0.5, 0.6) is 0 Å². The zero-order chi connectivity index (χ0) is 23.5. The van der Waals surface area contributed by atoms with E-state index in [0.717, 1.165) is 44.2 Å². The van der Waals surface area contributed by atoms with Gasteiger partial charge >= 0.3 is 7.12 Å². The van der Waals surface area contributed by atoms with Crippen molar-refractivity contribution in [3.05, 3.63) is 109 Å². The van der Waals surface area contributed by atoms with Gasteiger partial charge in [-0.15, -0.1) is 0 Å². The van der Waals surface area contributed by atoms with Gasteiger partial charge in [0, 0.05) is 38.3 Å². The van der Waals surface area contributed by atoms with Gasteiger partial charge in [0.1, 0.15) is 11.2 Å². The van der Waals surface area contributed by atoms with E-state index in [0.29, 0.717) is 11.0 Å². The van der Waals surface area contributed by atoms with Crippen molar-refractivity contribution in [2.75, 3.05) is 0 Å². The van der Waals surface area contributed by atoms with E-state index >= 15 is 0 Å². The monoisotopic (exact) mass is 453 g/mol. The van der Waals surface area contributed by atoms with Crippen LogP contribution >= 0.6 is 0 Å². The number of nitrogens with zero attached hydrogens (tertiary/aromatic N) is 1. The second-order valence-corrected chi connectivity index (χ2v) is 8.80. The highest BCUT2D eigenvalue weighted by Crippen LogP contribution is 2.39. The van der Waals surface area contributed by atoms with E-state index in [2.05, 4.69) is 77.4 Å². The molecule has 166 valence electrons. The lowest BCUT2D eigenvalue weighted by Gasteiger charge is -2.08. The SMILES string of the molecule is OB(O)c1cccc2c1oc1c(-c3ccc4c(c3)c3ccccc3n4-c3ccccc3)cccc12. The minimum absolute atomic E-state index is 0.367. The first-order valence-corrected chi connectivity index (χ1v) is 11.6. The summed E-state index contributed by atoms with van der Waals surface area (Å²) in [5, 5.41) is 23.9. The topological polar surface area (TPSA) is 58.5 Å². The van der Waals surface area contributed by atoms with Crippen molar-refractivity contribution in [3.8, 4) is 16.8 Å². The maximum absolute atomic E-state index is 9.84. The summed E-state index contributed by atoms with van der Waals surface area (Å²) in [5.41, 5.74) is 7.05. The molecule has 35 heavy (non-hydrogen) atoms. The molecule has 0 amide bonds. The third-order valence-corrected chi connectivity index (χ3v) is 6.83. The molecule has 5 aromatic carbocycles. The Labute approximate surface area is 201 Å². The molecule has 0 spiro atoms. The zero-order valence-corrected chi connectivity index (χ0v) is 18.7. The summed E-state index contributed by atoms with van der Waals surface area (Å²) in [5.74, 6) is 0. The van der Waals surface area contributed by atoms with Crippen molar-refractivity contribution in [3.63, 3.8) is 0 Å². The fraction of sp³-hybridized carbons (Fsp3) is 0. The van der Waals surface area contributed by atoms with Gasteiger partial charge in [-0.05, 0) is 35.9 Å². The molecule has 0 saturated carbocycles. The number of furan rings is 1. The van der Waals surface area contributed by atoms with Crippen LogP contribution in [0.2, 0.25) is 0 Å². The largest absolute Gasteiger partial charge is 0.492 e. The Balaban J connectivity index is 1.51. The number of para-hydroxylation sites is 4. The van der Waals surface area contributed by atoms with Gasteiger partial charge in [-0.2, -0.15) is 0 Å². The predicted octanol–water partition coefficient (Wildman–Crippen LogP) is 6.03. The number of hydrogen-bond donors (Lipinski definition) is 2. The molecular weight excluding hydrogens is 433 g/mol. The number of rotatable bonds is 3. The average molecular weight is 453 g/mol. The Hall–Kier alpha value is -4.32. The standard InChI is InChI=1S/C30H20BNO3/c33-31(34)26-14-7-13-24-23-12-6-11-21(29(23)35-30(24)26)19-16-17-28-25(18-19)22-10-4-5-15-27(22)32(28)20-8-2-1-3-9-20/h1-18,33-34H. The molecule has 7 aromatic rings. The van der Waals surface area contributed by atoms with Crippen molar-refractivity contribution in [2.45, 2.75) is 0 Å². The van der Waals surface area contributed by atoms with Gasteiger partial charge in [0.15, 0.2) is 0 Å². The third-order valence-electron chi connectivity index (χ3n) is 6.83. The maximum Gasteiger partial charge on any atom is 0.492 e. The average Bonchev–Trinajstić information content (AvgIpc) is 3.44. The van der Waals surface area contributed by atoms with Crippen molar-refractivity contribution in [1.29, 1.82) is 0 Å². The summed E-state index contributed by atoms with van der Waals surface area (Å²) in [4.78, 5) is 0. The van der Waals surface area contributed by atoms with Gasteiger partial charge in [-0.1, -0.05) is 78.9 Å². The number of hydrogen-bond acceptors (Lipinski definition) is 3. The Morgan fingerprint density at radius 3 is 2.09 bits per heavy atom. The van der Waals surface area contributed by atoms with E-state index < -0.39 is 7.12 Å². The van der Waals surface area contributed by atoms with Crippen LogP contribution < -0.4 is 5.46 Å². The second-order valence-electron chi connectivity index (χ2n) is 8.80. The van der Waals surface area contributed by atoms with E-state index in [1.807, 2.05) is 30.3 Å². The van der Waals surface area contributed by atoms with Crippen LogP contribution in [-0.2, 0) is 0 Å². The molecule has 0 unspecified atom stereocenters. The molecule has 0 radical (unpaired) electrons. The fourth-order valence-corrected chi connectivity index (χ4v) is 5.27. The molecule has 2 heterocycles. The summed E-state index contributed by atoms with van der Waals surface area (Å²) < 4.78 is 8.58. The molecule has 4 nitrogen and oxygen atoms in total. The van der Waals surface area contributed by atoms with Crippen molar-refractivity contribution in [2.24, 2.45) is 0 Å². The summed E-state index contributed by atoms with van der Waals surface area (Å²) in [6, 6.07) is 36.9. The molecule has 2 N–H and O–H groups in total. The van der Waals surface area contributed by atoms with Gasteiger partial charge in [-0.3, -0.25) is 0 Å². The highest BCUT2D eigenvalue weighted by Gasteiger charge is 2.21. The molecule has 0 atom stereocenters. The lowest BCUT2D eigenvalue weighted by Crippen LogP contribution is -2.29. The molecule has 0 saturated heterocycles. The first kappa shape index (κ1) is 20.1. The molecule has 5 heteroatoms. The number of fused-ring (bicyclic) bond motifs is 6. The number of aromatic nitrogens is 1. The summed E-state index contributed by atoms with van der Waals surface area (Å²) >= 11 is 0. The van der Waals surface area contributed by atoms with Crippen molar-refractivity contribution in [1.82, 2.24) is 4.57 Å². The molecule has 2 aromatic heterocycles. The summed E-state index contributed by atoms with van der Waals surface area (Å²) in [7, 11) is -1.59. The zero-order valence-electron chi connectivity index (χ0n) is 18.7. The van der Waals surface area contributed by atoms with Crippen LogP contribution in [0, 0.1) is 0 Å². The number of benzene rings is 5. The van der Waals surface area contributed by atoms with Crippen LogP contribution in [0.3, 0.4) is 0 Å². The van der Waals surface area contributed by atoms with Crippen LogP contribution in [0.4, 0.5) is 0 Å². The maximum atomic E-state index is 9.84. The van der Waals surface area contributed by atoms with Gasteiger partial charge in [0.25, 0.3) is 0 Å². The van der Waals surface area contributed by atoms with Crippen LogP contribution in [0.15, 0.2) is 114 Å². The predicted molar refractivity (Wildman–Crippen MR) is 143 cm³/mol. The molecule has 0 fully saturated rings. The van der Waals surface area contributed by atoms with Crippen LogP contribution in [0.25, 0.3) is 60.6 Å². The fourth-order valence-electron chi connectivity index (χ4n) is 5.27. The van der Waals surface area contributed by atoms with Crippen molar-refractivity contribution >= 4 is 56.3 Å². The van der Waals surface area contributed by atoms with E-state index in [-0.39, 0.29) is 0 Å². The second kappa shape index (κ2) is 7.60. The Bertz CT molecular complexity index is 1880. The lowest BCUT2D eigenvalue weighted by molar-refractivity contribution is 0.425. The normalized spacial score (nSPS) is 11.7. The first-order chi connectivity index (χ1) is 17.2. The summed E-state index contributed by atoms with van der Waals surface area (Å²) in [6.07, 6.45) is 0. The minimum Gasteiger partial charge on any atom is -0.456 e. The third kappa shape index (κ3) is 2.96. The van der Waals surface area contributed by atoms with Crippen LogP contribution in [-0.4, -0.2) is 21.7 Å². The van der Waals surface area contributed by atoms with Crippen LogP contribution in [0.1, 0.15) is 0 Å². The molecule has 0 aliphatic heterocycles. The first-order valence-electron chi connectivity index (χ1n) is 11.6. The van der Waals surface area contributed by atoms with Gasteiger partial charge in [-0.25, -0.2) is 0 Å². The summed E-state index contributed by atoms with van der Waals surface area (Å²) in [6.45, 7) is 0. The lowest BCUT2D eigenvalue weighted by atomic mass is 9.79. The highest BCUT2D eigenvalue weighted by atomic mass is 16.4. The van der Waals surface area contributed by atoms with Crippen molar-refractivity contribution < 1.29 is 14.5 Å².